The van der Waals surface area contributed by atoms with Gasteiger partial charge < -0.3 is 25.0 Å². The van der Waals surface area contributed by atoms with Gasteiger partial charge in [0.1, 0.15) is 5.60 Å². The smallest absolute Gasteiger partial charge is 0.407 e. The molecule has 1 atom stereocenters. The lowest BCUT2D eigenvalue weighted by molar-refractivity contribution is -0.00846. The van der Waals surface area contributed by atoms with E-state index < -0.39 is 5.60 Å². The largest absolute Gasteiger partial charge is 0.444 e. The lowest BCUT2D eigenvalue weighted by atomic mass is 10.0. The van der Waals surface area contributed by atoms with Gasteiger partial charge in [0.05, 0.1) is 19.3 Å². The molecule has 0 saturated carbocycles. The number of hydrogen-bond acceptors (Lipinski definition) is 5. The minimum Gasteiger partial charge on any atom is -0.444 e. The lowest BCUT2D eigenvalue weighted by Crippen LogP contribution is -2.56. The summed E-state index contributed by atoms with van der Waals surface area (Å²) in [4.78, 5) is 21.1. The second kappa shape index (κ2) is 9.10. The zero-order chi connectivity index (χ0) is 20.1. The first-order valence-corrected chi connectivity index (χ1v) is 9.88. The lowest BCUT2D eigenvalue weighted by Gasteiger charge is -2.41. The molecule has 2 N–H and O–H groups in total. The molecule has 8 nitrogen and oxygen atoms in total. The first-order valence-electron chi connectivity index (χ1n) is 9.88. The molecule has 2 aliphatic rings. The van der Waals surface area contributed by atoms with Gasteiger partial charge in [0.15, 0.2) is 5.96 Å². The summed E-state index contributed by atoms with van der Waals surface area (Å²) in [5.74, 6) is 0.879. The summed E-state index contributed by atoms with van der Waals surface area (Å²) < 4.78 is 10.8. The Bertz CT molecular complexity index is 524. The maximum atomic E-state index is 12.0. The van der Waals surface area contributed by atoms with E-state index in [0.717, 1.165) is 58.3 Å². The molecule has 0 aromatic carbocycles. The third kappa shape index (κ3) is 6.84. The Labute approximate surface area is 163 Å². The van der Waals surface area contributed by atoms with Gasteiger partial charge in [-0.25, -0.2) is 4.79 Å². The molecule has 2 saturated heterocycles. The molecule has 8 heteroatoms. The molecule has 2 heterocycles. The fourth-order valence-electron chi connectivity index (χ4n) is 3.45. The Morgan fingerprint density at radius 1 is 1.19 bits per heavy atom. The number of likely N-dealkylation sites (tertiary alicyclic amines) is 1. The average molecular weight is 384 g/mol. The van der Waals surface area contributed by atoms with E-state index in [1.807, 2.05) is 20.8 Å². The fourth-order valence-corrected chi connectivity index (χ4v) is 3.45. The number of rotatable bonds is 4. The Morgan fingerprint density at radius 3 is 2.44 bits per heavy atom. The molecule has 2 rings (SSSR count). The van der Waals surface area contributed by atoms with E-state index in [0.29, 0.717) is 0 Å². The molecule has 2 fully saturated rings. The van der Waals surface area contributed by atoms with Crippen LogP contribution in [-0.4, -0.2) is 92.0 Å². The van der Waals surface area contributed by atoms with Crippen LogP contribution in [0.4, 0.5) is 4.79 Å². The predicted molar refractivity (Wildman–Crippen MR) is 107 cm³/mol. The molecular formula is C19H37N5O3. The number of carbonyl (C=O) groups is 1. The van der Waals surface area contributed by atoms with Crippen molar-refractivity contribution >= 4 is 12.1 Å². The van der Waals surface area contributed by atoms with Gasteiger partial charge in [-0.05, 0) is 41.0 Å². The number of guanidine groups is 1. The highest BCUT2D eigenvalue weighted by atomic mass is 16.6. The third-order valence-electron chi connectivity index (χ3n) is 4.97. The summed E-state index contributed by atoms with van der Waals surface area (Å²) in [5.41, 5.74) is -0.460. The van der Waals surface area contributed by atoms with Crippen LogP contribution in [0.25, 0.3) is 0 Å². The van der Waals surface area contributed by atoms with Crippen LogP contribution < -0.4 is 10.6 Å². The molecule has 1 amide bonds. The molecular weight excluding hydrogens is 346 g/mol. The van der Waals surface area contributed by atoms with Crippen molar-refractivity contribution in [2.75, 3.05) is 53.0 Å². The van der Waals surface area contributed by atoms with E-state index in [1.165, 1.54) is 0 Å². The first kappa shape index (κ1) is 21.8. The SMILES string of the molecule is CN=C(NCC(C)(C)N1CCOCC1)N1CCC(NC(=O)OC(C)(C)C)C1. The van der Waals surface area contributed by atoms with Gasteiger partial charge in [-0.15, -0.1) is 0 Å². The highest BCUT2D eigenvalue weighted by Gasteiger charge is 2.31. The van der Waals surface area contributed by atoms with Crippen molar-refractivity contribution < 1.29 is 14.3 Å². The monoisotopic (exact) mass is 383 g/mol. The maximum Gasteiger partial charge on any atom is 0.407 e. The molecule has 27 heavy (non-hydrogen) atoms. The summed E-state index contributed by atoms with van der Waals surface area (Å²) in [6, 6.07) is 0.0747. The van der Waals surface area contributed by atoms with Crippen LogP contribution in [0.3, 0.4) is 0 Å². The molecule has 0 aliphatic carbocycles. The number of aliphatic imine (C=N–C) groups is 1. The molecule has 156 valence electrons. The Balaban J connectivity index is 1.81. The van der Waals surface area contributed by atoms with Crippen LogP contribution in [-0.2, 0) is 9.47 Å². The van der Waals surface area contributed by atoms with Crippen molar-refractivity contribution in [1.82, 2.24) is 20.4 Å². The number of ether oxygens (including phenoxy) is 2. The van der Waals surface area contributed by atoms with Crippen LogP contribution in [0, 0.1) is 0 Å². The van der Waals surface area contributed by atoms with Gasteiger partial charge in [0.2, 0.25) is 0 Å². The minimum atomic E-state index is -0.481. The summed E-state index contributed by atoms with van der Waals surface area (Å²) in [5, 5.41) is 6.47. The number of hydrogen-bond donors (Lipinski definition) is 2. The van der Waals surface area contributed by atoms with Gasteiger partial charge in [-0.2, -0.15) is 0 Å². The molecule has 0 aromatic rings. The molecule has 0 radical (unpaired) electrons. The number of alkyl carbamates (subject to hydrolysis) is 1. The number of amides is 1. The fraction of sp³-hybridized carbons (Fsp3) is 0.895. The first-order chi connectivity index (χ1) is 12.6. The second-order valence-corrected chi connectivity index (χ2v) is 8.89. The van der Waals surface area contributed by atoms with Gasteiger partial charge in [0.25, 0.3) is 0 Å². The minimum absolute atomic E-state index is 0.0214. The summed E-state index contributed by atoms with van der Waals surface area (Å²) in [7, 11) is 1.80. The normalized spacial score (nSPS) is 22.7. The average Bonchev–Trinajstić information content (AvgIpc) is 3.02. The molecule has 2 aliphatic heterocycles. The standard InChI is InChI=1S/C19H37N5O3/c1-18(2,3)27-17(25)22-15-7-8-23(13-15)16(20-6)21-14-19(4,5)24-9-11-26-12-10-24/h15H,7-14H2,1-6H3,(H,20,21)(H,22,25). The van der Waals surface area contributed by atoms with Crippen LogP contribution in [0.5, 0.6) is 0 Å². The van der Waals surface area contributed by atoms with E-state index in [9.17, 15) is 4.79 Å². The molecule has 0 spiro atoms. The third-order valence-corrected chi connectivity index (χ3v) is 4.97. The molecule has 0 bridgehead atoms. The van der Waals surface area contributed by atoms with Gasteiger partial charge in [-0.1, -0.05) is 0 Å². The number of carbonyl (C=O) groups excluding carboxylic acids is 1. The summed E-state index contributed by atoms with van der Waals surface area (Å²) in [6.45, 7) is 16.0. The van der Waals surface area contributed by atoms with Crippen LogP contribution in [0.2, 0.25) is 0 Å². The zero-order valence-corrected chi connectivity index (χ0v) is 17.8. The van der Waals surface area contributed by atoms with E-state index in [2.05, 4.69) is 39.3 Å². The summed E-state index contributed by atoms with van der Waals surface area (Å²) in [6.07, 6.45) is 0.526. The topological polar surface area (TPSA) is 78.4 Å². The van der Waals surface area contributed by atoms with Crippen molar-refractivity contribution in [3.63, 3.8) is 0 Å². The summed E-state index contributed by atoms with van der Waals surface area (Å²) >= 11 is 0. The van der Waals surface area contributed by atoms with Crippen LogP contribution in [0.15, 0.2) is 4.99 Å². The quantitative estimate of drug-likeness (QED) is 0.562. The second-order valence-electron chi connectivity index (χ2n) is 8.89. The van der Waals surface area contributed by atoms with Crippen molar-refractivity contribution in [2.24, 2.45) is 4.99 Å². The Kier molecular flexibility index (Phi) is 7.33. The molecule has 1 unspecified atom stereocenters. The van der Waals surface area contributed by atoms with E-state index in [1.54, 1.807) is 7.05 Å². The van der Waals surface area contributed by atoms with Gasteiger partial charge in [0, 0.05) is 45.3 Å². The van der Waals surface area contributed by atoms with Crippen molar-refractivity contribution in [3.05, 3.63) is 0 Å². The van der Waals surface area contributed by atoms with Crippen molar-refractivity contribution in [3.8, 4) is 0 Å². The van der Waals surface area contributed by atoms with Crippen molar-refractivity contribution in [1.29, 1.82) is 0 Å². The highest BCUT2D eigenvalue weighted by Crippen LogP contribution is 2.16. The van der Waals surface area contributed by atoms with Crippen molar-refractivity contribution in [2.45, 2.75) is 58.2 Å². The predicted octanol–water partition coefficient (Wildman–Crippen LogP) is 1.27. The van der Waals surface area contributed by atoms with E-state index in [4.69, 9.17) is 9.47 Å². The Hall–Kier alpha value is -1.54. The van der Waals surface area contributed by atoms with Crippen LogP contribution in [0.1, 0.15) is 41.0 Å². The zero-order valence-electron chi connectivity index (χ0n) is 17.8. The molecule has 0 aromatic heterocycles. The number of nitrogens with zero attached hydrogens (tertiary/aromatic N) is 3. The Morgan fingerprint density at radius 2 is 1.85 bits per heavy atom. The van der Waals surface area contributed by atoms with Crippen LogP contribution >= 0.6 is 0 Å². The highest BCUT2D eigenvalue weighted by molar-refractivity contribution is 5.80. The van der Waals surface area contributed by atoms with E-state index in [-0.39, 0.29) is 17.7 Å². The number of nitrogens with one attached hydrogen (secondary N) is 2. The maximum absolute atomic E-state index is 12.0. The van der Waals surface area contributed by atoms with E-state index >= 15 is 0 Å². The van der Waals surface area contributed by atoms with Gasteiger partial charge in [-0.3, -0.25) is 9.89 Å². The number of morpholine rings is 1. The van der Waals surface area contributed by atoms with Gasteiger partial charge >= 0.3 is 6.09 Å².